The summed E-state index contributed by atoms with van der Waals surface area (Å²) in [6.45, 7) is 0. The lowest BCUT2D eigenvalue weighted by Gasteiger charge is -2.22. The Kier molecular flexibility index (Phi) is 7.60. The molecule has 4 heterocycles. The van der Waals surface area contributed by atoms with Crippen LogP contribution in [0.5, 0.6) is 0 Å². The smallest absolute Gasteiger partial charge is 0.155 e. The molecule has 11 rings (SSSR count). The molecule has 10 aromatic rings. The Labute approximate surface area is 324 Å². The molecule has 7 heteroatoms. The molecule has 0 fully saturated rings. The van der Waals surface area contributed by atoms with Gasteiger partial charge < -0.3 is 4.42 Å². The van der Waals surface area contributed by atoms with Crippen LogP contribution in [0.4, 0.5) is 0 Å². The third-order valence-corrected chi connectivity index (χ3v) is 12.4. The van der Waals surface area contributed by atoms with Crippen LogP contribution in [0.3, 0.4) is 0 Å². The maximum Gasteiger partial charge on any atom is 0.155 e. The van der Waals surface area contributed by atoms with Crippen LogP contribution >= 0.6 is 22.7 Å². The topological polar surface area (TPSA) is 63.6 Å². The number of nitrogens with zero attached hydrogens (tertiary/aromatic N) is 4. The van der Waals surface area contributed by atoms with Crippen molar-refractivity contribution in [2.45, 2.75) is 12.5 Å². The van der Waals surface area contributed by atoms with Crippen LogP contribution in [-0.2, 0) is 0 Å². The molecule has 5 nitrogen and oxygen atoms in total. The molecule has 1 aliphatic heterocycles. The van der Waals surface area contributed by atoms with E-state index in [0.29, 0.717) is 6.42 Å². The summed E-state index contributed by atoms with van der Waals surface area (Å²) in [7, 11) is 0. The van der Waals surface area contributed by atoms with Crippen LogP contribution in [0.2, 0.25) is 0 Å². The van der Waals surface area contributed by atoms with Gasteiger partial charge in [-0.2, -0.15) is 0 Å². The van der Waals surface area contributed by atoms with Gasteiger partial charge in [-0.15, -0.1) is 22.7 Å². The zero-order valence-electron chi connectivity index (χ0n) is 29.4. The van der Waals surface area contributed by atoms with Crippen molar-refractivity contribution in [1.29, 1.82) is 0 Å². The van der Waals surface area contributed by atoms with Crippen LogP contribution in [-0.4, -0.2) is 21.5 Å². The maximum absolute atomic E-state index is 6.68. The van der Waals surface area contributed by atoms with E-state index in [1.165, 1.54) is 0 Å². The number of rotatable bonds is 6. The van der Waals surface area contributed by atoms with E-state index < -0.39 is 0 Å². The molecule has 1 atom stereocenters. The van der Waals surface area contributed by atoms with Crippen molar-refractivity contribution < 1.29 is 4.42 Å². The van der Waals surface area contributed by atoms with Gasteiger partial charge in [-0.3, -0.25) is 4.99 Å². The number of aromatic nitrogens is 2. The molecular weight excluding hydrogens is 713 g/mol. The molecule has 7 aromatic carbocycles. The van der Waals surface area contributed by atoms with E-state index in [9.17, 15) is 0 Å². The summed E-state index contributed by atoms with van der Waals surface area (Å²) in [6.07, 6.45) is 0.625. The van der Waals surface area contributed by atoms with E-state index in [2.05, 4.69) is 127 Å². The highest BCUT2D eigenvalue weighted by Crippen LogP contribution is 2.40. The molecule has 0 N–H and O–H groups in total. The normalized spacial score (nSPS) is 14.5. The summed E-state index contributed by atoms with van der Waals surface area (Å²) in [5.41, 5.74) is 12.2. The van der Waals surface area contributed by atoms with Crippen molar-refractivity contribution in [3.63, 3.8) is 0 Å². The van der Waals surface area contributed by atoms with E-state index in [-0.39, 0.29) is 6.04 Å². The molecule has 1 unspecified atom stereocenters. The van der Waals surface area contributed by atoms with E-state index in [4.69, 9.17) is 24.4 Å². The number of benzene rings is 7. The number of hydrogen-bond acceptors (Lipinski definition) is 7. The summed E-state index contributed by atoms with van der Waals surface area (Å²) < 4.78 is 9.01. The maximum atomic E-state index is 6.68. The first kappa shape index (κ1) is 31.9. The Morgan fingerprint density at radius 1 is 0.509 bits per heavy atom. The summed E-state index contributed by atoms with van der Waals surface area (Å²) in [5.74, 6) is 0.717. The predicted molar refractivity (Wildman–Crippen MR) is 230 cm³/mol. The lowest BCUT2D eigenvalue weighted by atomic mass is 9.93. The zero-order valence-corrected chi connectivity index (χ0v) is 31.0. The van der Waals surface area contributed by atoms with Crippen molar-refractivity contribution in [3.05, 3.63) is 180 Å². The molecule has 0 aliphatic carbocycles. The Balaban J connectivity index is 1.05. The van der Waals surface area contributed by atoms with Gasteiger partial charge in [-0.1, -0.05) is 115 Å². The van der Waals surface area contributed by atoms with E-state index >= 15 is 0 Å². The van der Waals surface area contributed by atoms with Gasteiger partial charge >= 0.3 is 0 Å². The van der Waals surface area contributed by atoms with Gasteiger partial charge in [-0.05, 0) is 65.2 Å². The third-order valence-electron chi connectivity index (χ3n) is 10.3. The molecule has 0 spiro atoms. The van der Waals surface area contributed by atoms with Crippen LogP contribution in [0.15, 0.2) is 178 Å². The minimum absolute atomic E-state index is 0.175. The van der Waals surface area contributed by atoms with E-state index in [1.54, 1.807) is 22.7 Å². The van der Waals surface area contributed by atoms with Gasteiger partial charge in [0.1, 0.15) is 21.2 Å². The average Bonchev–Trinajstić information content (AvgIpc) is 3.99. The summed E-state index contributed by atoms with van der Waals surface area (Å²) >= 11 is 3.42. The number of para-hydroxylation sites is 3. The lowest BCUT2D eigenvalue weighted by Crippen LogP contribution is -2.17. The van der Waals surface area contributed by atoms with Crippen LogP contribution in [0.1, 0.15) is 29.2 Å². The first-order chi connectivity index (χ1) is 27.2. The van der Waals surface area contributed by atoms with Crippen molar-refractivity contribution in [1.82, 2.24) is 9.97 Å². The molecule has 0 saturated heterocycles. The fraction of sp³-hybridized carbons (Fsp3) is 0.0417. The van der Waals surface area contributed by atoms with E-state index in [0.717, 1.165) is 103 Å². The van der Waals surface area contributed by atoms with Gasteiger partial charge in [0.25, 0.3) is 0 Å². The van der Waals surface area contributed by atoms with Crippen LogP contribution < -0.4 is 0 Å². The van der Waals surface area contributed by atoms with Gasteiger partial charge in [0.15, 0.2) is 5.84 Å². The summed E-state index contributed by atoms with van der Waals surface area (Å²) in [5, 5.41) is 4.15. The number of fused-ring (bicyclic) bond motifs is 5. The Bertz CT molecular complexity index is 2980. The Morgan fingerprint density at radius 3 is 1.80 bits per heavy atom. The van der Waals surface area contributed by atoms with Gasteiger partial charge in [0, 0.05) is 39.4 Å². The van der Waals surface area contributed by atoms with Gasteiger partial charge in [0.05, 0.1) is 32.2 Å². The minimum atomic E-state index is -0.175. The molecule has 0 saturated carbocycles. The Hall–Kier alpha value is -6.54. The number of thiazole rings is 2. The van der Waals surface area contributed by atoms with E-state index in [1.807, 2.05) is 36.4 Å². The second kappa shape index (κ2) is 13.1. The molecule has 0 bridgehead atoms. The van der Waals surface area contributed by atoms with Crippen LogP contribution in [0.25, 0.3) is 74.6 Å². The highest BCUT2D eigenvalue weighted by molar-refractivity contribution is 7.22. The lowest BCUT2D eigenvalue weighted by molar-refractivity contribution is 0.666. The quantitative estimate of drug-likeness (QED) is 0.170. The zero-order chi connectivity index (χ0) is 36.3. The highest BCUT2D eigenvalue weighted by Gasteiger charge is 2.25. The SMILES string of the molecule is c1ccc(C2=NC(c3ccc4c(c3)oc3c(-c5ccccc5)cccc34)CC(c3cc(-c4nc5ccccc5s4)cc(-c4nc5ccccc5s4)c3)=N2)cc1. The van der Waals surface area contributed by atoms with Gasteiger partial charge in [0.2, 0.25) is 0 Å². The third kappa shape index (κ3) is 5.76. The number of furan rings is 1. The molecule has 260 valence electrons. The van der Waals surface area contributed by atoms with Crippen molar-refractivity contribution >= 4 is 76.6 Å². The molecule has 0 amide bonds. The second-order valence-corrected chi connectivity index (χ2v) is 15.8. The molecule has 3 aromatic heterocycles. The predicted octanol–water partition coefficient (Wildman–Crippen LogP) is 13.2. The fourth-order valence-electron chi connectivity index (χ4n) is 7.58. The first-order valence-electron chi connectivity index (χ1n) is 18.3. The highest BCUT2D eigenvalue weighted by atomic mass is 32.1. The van der Waals surface area contributed by atoms with Crippen molar-refractivity contribution in [2.75, 3.05) is 0 Å². The number of aliphatic imine (C=N–C) groups is 2. The van der Waals surface area contributed by atoms with Crippen molar-refractivity contribution in [2.24, 2.45) is 9.98 Å². The summed E-state index contributed by atoms with van der Waals surface area (Å²) in [4.78, 5) is 20.8. The van der Waals surface area contributed by atoms with Crippen molar-refractivity contribution in [3.8, 4) is 32.3 Å². The minimum Gasteiger partial charge on any atom is -0.455 e. The molecule has 55 heavy (non-hydrogen) atoms. The Morgan fingerprint density at radius 2 is 1.13 bits per heavy atom. The second-order valence-electron chi connectivity index (χ2n) is 13.8. The monoisotopic (exact) mass is 742 g/mol. The molecule has 1 aliphatic rings. The molecule has 0 radical (unpaired) electrons. The summed E-state index contributed by atoms with van der Waals surface area (Å²) in [6, 6.07) is 56.8. The largest absolute Gasteiger partial charge is 0.455 e. The average molecular weight is 743 g/mol. The number of hydrogen-bond donors (Lipinski definition) is 0. The first-order valence-corrected chi connectivity index (χ1v) is 19.9. The standard InChI is InChI=1S/C48H30N4OS2/c1-3-12-29(13-4-1)35-16-11-17-37-36-23-22-31(27-42(36)53-45(35)37)40-28-41(50-46(49-40)30-14-5-2-6-15-30)32-24-33(47-51-38-18-7-9-20-43(38)54-47)26-34(25-32)48-52-39-19-8-10-21-44(39)55-48/h1-27,40H,28H2. The fourth-order valence-corrected chi connectivity index (χ4v) is 9.49. The number of amidine groups is 1. The van der Waals surface area contributed by atoms with Gasteiger partial charge in [-0.25, -0.2) is 15.0 Å². The molecular formula is C48H30N4OS2. The van der Waals surface area contributed by atoms with Crippen LogP contribution in [0, 0.1) is 0 Å².